The van der Waals surface area contributed by atoms with Gasteiger partial charge in [-0.15, -0.1) is 0 Å². The Bertz CT molecular complexity index is 1030. The number of carbonyl (C=O) groups is 2. The van der Waals surface area contributed by atoms with Crippen LogP contribution in [0.2, 0.25) is 0 Å². The summed E-state index contributed by atoms with van der Waals surface area (Å²) in [6.07, 6.45) is 3.79. The van der Waals surface area contributed by atoms with E-state index in [0.29, 0.717) is 24.2 Å². The molecule has 0 fully saturated rings. The van der Waals surface area contributed by atoms with Crippen molar-refractivity contribution in [3.63, 3.8) is 0 Å². The van der Waals surface area contributed by atoms with Crippen molar-refractivity contribution in [1.82, 2.24) is 0 Å². The summed E-state index contributed by atoms with van der Waals surface area (Å²) < 4.78 is 36.2. The summed E-state index contributed by atoms with van der Waals surface area (Å²) in [5.74, 6) is 0.386. The van der Waals surface area contributed by atoms with Gasteiger partial charge in [-0.3, -0.25) is 9.59 Å². The number of rotatable bonds is 5. The average molecular weight is 519 g/mol. The van der Waals surface area contributed by atoms with E-state index in [2.05, 4.69) is 0 Å². The van der Waals surface area contributed by atoms with Crippen LogP contribution in [0, 0.1) is 20.8 Å². The van der Waals surface area contributed by atoms with E-state index >= 15 is 0 Å². The number of aromatic nitrogens is 2. The summed E-state index contributed by atoms with van der Waals surface area (Å²) in [5, 5.41) is 3.89. The van der Waals surface area contributed by atoms with Crippen molar-refractivity contribution >= 4 is 44.4 Å². The predicted octanol–water partition coefficient (Wildman–Crippen LogP) is -0.231. The van der Waals surface area contributed by atoms with Gasteiger partial charge in [0, 0.05) is 13.8 Å². The largest absolute Gasteiger partial charge is 1.00 e. The van der Waals surface area contributed by atoms with Gasteiger partial charge in [0.25, 0.3) is 0 Å². The summed E-state index contributed by atoms with van der Waals surface area (Å²) in [6.45, 7) is 9.30. The molecule has 0 spiro atoms. The first-order valence-electron chi connectivity index (χ1n) is 9.25. The van der Waals surface area contributed by atoms with Gasteiger partial charge in [-0.1, -0.05) is 40.4 Å². The van der Waals surface area contributed by atoms with Crippen LogP contribution >= 0.6 is 22.7 Å². The molecule has 11 heteroatoms. The maximum absolute atomic E-state index is 10.8. The lowest BCUT2D eigenvalue weighted by Crippen LogP contribution is -3.00. The number of halogens is 1. The second-order valence-corrected chi connectivity index (χ2v) is 9.81. The molecule has 0 aliphatic heterocycles. The molecule has 3 aromatic rings. The Kier molecular flexibility index (Phi) is 13.3. The zero-order valence-corrected chi connectivity index (χ0v) is 21.8. The van der Waals surface area contributed by atoms with Crippen LogP contribution in [0.4, 0.5) is 0 Å². The molecule has 0 aliphatic carbocycles. The highest BCUT2D eigenvalue weighted by Gasteiger charge is 2.09. The molecule has 0 saturated carbocycles. The van der Waals surface area contributed by atoms with E-state index in [1.807, 2.05) is 50.2 Å². The molecule has 32 heavy (non-hydrogen) atoms. The van der Waals surface area contributed by atoms with E-state index in [4.69, 9.17) is 0 Å². The van der Waals surface area contributed by atoms with Crippen molar-refractivity contribution in [2.75, 3.05) is 0 Å². The van der Waals surface area contributed by atoms with Gasteiger partial charge in [0.15, 0.2) is 24.0 Å². The fourth-order valence-electron chi connectivity index (χ4n) is 2.78. The van der Waals surface area contributed by atoms with Crippen LogP contribution in [-0.4, -0.2) is 24.5 Å². The minimum Gasteiger partial charge on any atom is -1.00 e. The predicted molar refractivity (Wildman–Crippen MR) is 119 cm³/mol. The standard InChI is InChI=1S/C9H12O3S.2C6H8NOS.ClH/c1-6-4-7(2)9(8(3)5-6)13(10,11)12;2*1-6(8)4-7-2-3-9-5-7;/h4-5H,1-3H3,(H,10,11,12);2*2-3,5H,4H2,1H3;1H/q;2*+1;/p-2. The summed E-state index contributed by atoms with van der Waals surface area (Å²) in [4.78, 5) is 20.9. The lowest BCUT2D eigenvalue weighted by molar-refractivity contribution is -0.679. The first-order chi connectivity index (χ1) is 14.4. The van der Waals surface area contributed by atoms with Gasteiger partial charge < -0.3 is 17.0 Å². The highest BCUT2D eigenvalue weighted by atomic mass is 35.5. The first kappa shape index (κ1) is 30.0. The van der Waals surface area contributed by atoms with Crippen LogP contribution < -0.4 is 21.5 Å². The van der Waals surface area contributed by atoms with Crippen molar-refractivity contribution in [3.8, 4) is 0 Å². The lowest BCUT2D eigenvalue weighted by atomic mass is 10.1. The number of ketones is 2. The summed E-state index contributed by atoms with van der Waals surface area (Å²) in [7, 11) is -4.33. The van der Waals surface area contributed by atoms with Crippen LogP contribution in [0.1, 0.15) is 30.5 Å². The van der Waals surface area contributed by atoms with Gasteiger partial charge in [-0.05, 0) is 31.9 Å². The number of hydrogen-bond donors (Lipinski definition) is 0. The molecule has 0 unspecified atom stereocenters. The minimum absolute atomic E-state index is 0. The van der Waals surface area contributed by atoms with Crippen molar-refractivity contribution in [1.29, 1.82) is 0 Å². The van der Waals surface area contributed by atoms with Crippen molar-refractivity contribution in [2.45, 2.75) is 52.6 Å². The van der Waals surface area contributed by atoms with Crippen LogP contribution in [-0.2, 0) is 32.8 Å². The molecular formula is C21H27ClN2O5S3. The Hall–Kier alpha value is -1.98. The molecule has 7 nitrogen and oxygen atoms in total. The summed E-state index contributed by atoms with van der Waals surface area (Å²) >= 11 is 3.18. The van der Waals surface area contributed by atoms with Gasteiger partial charge >= 0.3 is 0 Å². The molecule has 176 valence electrons. The fourth-order valence-corrected chi connectivity index (χ4v) is 4.88. The molecule has 0 atom stereocenters. The molecule has 0 aliphatic rings. The van der Waals surface area contributed by atoms with E-state index in [1.165, 1.54) is 0 Å². The average Bonchev–Trinajstić information content (AvgIpc) is 3.26. The number of aryl methyl sites for hydroxylation is 3. The monoisotopic (exact) mass is 518 g/mol. The number of nitrogens with zero attached hydrogens (tertiary/aromatic N) is 2. The van der Waals surface area contributed by atoms with Gasteiger partial charge in [0.1, 0.15) is 10.1 Å². The second-order valence-electron chi connectivity index (χ2n) is 6.98. The van der Waals surface area contributed by atoms with Crippen molar-refractivity contribution in [2.24, 2.45) is 0 Å². The van der Waals surface area contributed by atoms with Gasteiger partial charge in [-0.2, -0.15) is 9.13 Å². The smallest absolute Gasteiger partial charge is 0.225 e. The molecule has 2 heterocycles. The second kappa shape index (κ2) is 14.2. The highest BCUT2D eigenvalue weighted by Crippen LogP contribution is 2.20. The number of hydrogen-bond acceptors (Lipinski definition) is 7. The molecular weight excluding hydrogens is 492 g/mol. The third-order valence-corrected chi connectivity index (χ3v) is 6.21. The van der Waals surface area contributed by atoms with Crippen LogP contribution in [0.3, 0.4) is 0 Å². The van der Waals surface area contributed by atoms with Gasteiger partial charge in [0.2, 0.25) is 24.1 Å². The van der Waals surface area contributed by atoms with E-state index < -0.39 is 10.1 Å². The molecule has 3 rings (SSSR count). The molecule has 0 N–H and O–H groups in total. The fraction of sp³-hybridized carbons (Fsp3) is 0.333. The lowest BCUT2D eigenvalue weighted by Gasteiger charge is -2.14. The molecule has 0 radical (unpaired) electrons. The molecule has 0 bridgehead atoms. The summed E-state index contributed by atoms with van der Waals surface area (Å²) in [6, 6.07) is 3.38. The zero-order chi connectivity index (χ0) is 23.6. The quantitative estimate of drug-likeness (QED) is 0.343. The SMILES string of the molecule is CC(=O)C[n+]1ccsc1.CC(=O)C[n+]1ccsc1.Cc1cc(C)c(S(=O)(=O)[O-])c(C)c1.[Cl-]. The minimum atomic E-state index is -4.33. The number of thiazole rings is 2. The zero-order valence-electron chi connectivity index (χ0n) is 18.6. The Balaban J connectivity index is 0.000000455. The van der Waals surface area contributed by atoms with Crippen LogP contribution in [0.5, 0.6) is 0 Å². The maximum Gasteiger partial charge on any atom is 0.225 e. The van der Waals surface area contributed by atoms with Crippen LogP contribution in [0.25, 0.3) is 0 Å². The third kappa shape index (κ3) is 11.6. The van der Waals surface area contributed by atoms with E-state index in [1.54, 1.807) is 62.5 Å². The molecule has 0 amide bonds. The summed E-state index contributed by atoms with van der Waals surface area (Å²) in [5.41, 5.74) is 5.84. The third-order valence-electron chi connectivity index (χ3n) is 3.72. The Morgan fingerprint density at radius 3 is 1.50 bits per heavy atom. The number of benzene rings is 1. The van der Waals surface area contributed by atoms with E-state index in [-0.39, 0.29) is 28.9 Å². The number of Topliss-reactive ketones (excluding diaryl/α,β-unsaturated/α-hetero) is 2. The van der Waals surface area contributed by atoms with Crippen molar-refractivity contribution in [3.05, 3.63) is 63.0 Å². The van der Waals surface area contributed by atoms with Gasteiger partial charge in [0.05, 0.1) is 15.7 Å². The van der Waals surface area contributed by atoms with E-state index in [0.717, 1.165) is 5.56 Å². The van der Waals surface area contributed by atoms with Crippen molar-refractivity contribution < 1.29 is 44.1 Å². The molecule has 1 aromatic carbocycles. The normalized spacial score (nSPS) is 10.1. The molecule has 0 saturated heterocycles. The Labute approximate surface area is 203 Å². The van der Waals surface area contributed by atoms with Crippen LogP contribution in [0.15, 0.2) is 51.2 Å². The maximum atomic E-state index is 10.8. The van der Waals surface area contributed by atoms with E-state index in [9.17, 15) is 22.6 Å². The first-order valence-corrected chi connectivity index (χ1v) is 12.5. The highest BCUT2D eigenvalue weighted by molar-refractivity contribution is 7.85. The number of carbonyl (C=O) groups excluding carboxylic acids is 2. The topological polar surface area (TPSA) is 99.1 Å². The van der Waals surface area contributed by atoms with Gasteiger partial charge in [-0.25, -0.2) is 8.42 Å². The molecule has 2 aromatic heterocycles. The Morgan fingerprint density at radius 1 is 0.875 bits per heavy atom. The Morgan fingerprint density at radius 2 is 1.25 bits per heavy atom.